The Morgan fingerprint density at radius 1 is 1.00 bits per heavy atom. The molecule has 204 valence electrons. The van der Waals surface area contributed by atoms with Gasteiger partial charge in [0.15, 0.2) is 23.0 Å². The van der Waals surface area contributed by atoms with Crippen LogP contribution in [-0.2, 0) is 11.4 Å². The van der Waals surface area contributed by atoms with Gasteiger partial charge in [0.1, 0.15) is 12.6 Å². The first-order valence-corrected chi connectivity index (χ1v) is 13.3. The van der Waals surface area contributed by atoms with Crippen LogP contribution in [-0.4, -0.2) is 37.5 Å². The van der Waals surface area contributed by atoms with Crippen LogP contribution in [0.4, 0.5) is 0 Å². The first kappa shape index (κ1) is 28.0. The lowest BCUT2D eigenvalue weighted by Gasteiger charge is -2.20. The molecular weight excluding hydrogens is 566 g/mol. The summed E-state index contributed by atoms with van der Waals surface area (Å²) in [5, 5.41) is 6.87. The van der Waals surface area contributed by atoms with Crippen molar-refractivity contribution in [3.05, 3.63) is 81.8 Å². The van der Waals surface area contributed by atoms with Crippen LogP contribution in [0.15, 0.2) is 70.2 Å². The van der Waals surface area contributed by atoms with Crippen LogP contribution in [0.1, 0.15) is 42.3 Å². The molecular formula is C29H30BrN3O6. The highest BCUT2D eigenvalue weighted by molar-refractivity contribution is 9.10. The Bertz CT molecular complexity index is 1340. The second-order valence-corrected chi connectivity index (χ2v) is 9.97. The molecule has 0 bridgehead atoms. The summed E-state index contributed by atoms with van der Waals surface area (Å²) in [4.78, 5) is 25.7. The monoisotopic (exact) mass is 595 g/mol. The zero-order valence-electron chi connectivity index (χ0n) is 21.9. The van der Waals surface area contributed by atoms with Crippen LogP contribution < -0.4 is 29.7 Å². The predicted molar refractivity (Wildman–Crippen MR) is 150 cm³/mol. The van der Waals surface area contributed by atoms with E-state index in [1.807, 2.05) is 51.1 Å². The Labute approximate surface area is 235 Å². The van der Waals surface area contributed by atoms with Crippen molar-refractivity contribution in [1.82, 2.24) is 10.7 Å². The molecule has 1 heterocycles. The Morgan fingerprint density at radius 3 is 2.51 bits per heavy atom. The van der Waals surface area contributed by atoms with E-state index >= 15 is 0 Å². The molecule has 2 amide bonds. The van der Waals surface area contributed by atoms with Gasteiger partial charge in [-0.25, -0.2) is 5.43 Å². The smallest absolute Gasteiger partial charge is 0.262 e. The second kappa shape index (κ2) is 13.1. The van der Waals surface area contributed by atoms with Crippen molar-refractivity contribution in [1.29, 1.82) is 0 Å². The topological polar surface area (TPSA) is 107 Å². The minimum Gasteiger partial charge on any atom is -0.490 e. The molecule has 1 unspecified atom stereocenters. The molecule has 0 radical (unpaired) electrons. The highest BCUT2D eigenvalue weighted by Gasteiger charge is 2.25. The summed E-state index contributed by atoms with van der Waals surface area (Å²) in [5.41, 5.74) is 4.63. The van der Waals surface area contributed by atoms with E-state index in [4.69, 9.17) is 18.9 Å². The molecule has 2 N–H and O–H groups in total. The average molecular weight is 596 g/mol. The summed E-state index contributed by atoms with van der Waals surface area (Å²) in [5.74, 6) is 1.24. The van der Waals surface area contributed by atoms with Gasteiger partial charge in [-0.3, -0.25) is 9.59 Å². The quantitative estimate of drug-likeness (QED) is 0.237. The van der Waals surface area contributed by atoms with E-state index in [0.29, 0.717) is 47.3 Å². The van der Waals surface area contributed by atoms with Gasteiger partial charge in [0.2, 0.25) is 6.79 Å². The van der Waals surface area contributed by atoms with E-state index in [0.717, 1.165) is 10.0 Å². The standard InChI is InChI=1S/C29H30BrN3O6/c1-4-36-25-13-20(7-11-23(25)37-16-19-5-9-22(30)10-6-19)15-31-33-29(35)27(18(2)3)32-28(34)21-8-12-24-26(14-21)39-17-38-24/h5-15,18,27H,4,16-17H2,1-3H3,(H,32,34)(H,33,35). The molecule has 39 heavy (non-hydrogen) atoms. The van der Waals surface area contributed by atoms with Crippen molar-refractivity contribution in [2.75, 3.05) is 13.4 Å². The molecule has 1 aliphatic rings. The van der Waals surface area contributed by atoms with Gasteiger partial charge in [0, 0.05) is 10.0 Å². The van der Waals surface area contributed by atoms with E-state index in [9.17, 15) is 9.59 Å². The maximum absolute atomic E-state index is 12.9. The van der Waals surface area contributed by atoms with Gasteiger partial charge in [0.05, 0.1) is 12.8 Å². The minimum atomic E-state index is -0.798. The van der Waals surface area contributed by atoms with E-state index in [-0.39, 0.29) is 12.7 Å². The predicted octanol–water partition coefficient (Wildman–Crippen LogP) is 5.06. The maximum Gasteiger partial charge on any atom is 0.262 e. The van der Waals surface area contributed by atoms with E-state index in [1.54, 1.807) is 30.3 Å². The zero-order chi connectivity index (χ0) is 27.8. The molecule has 0 spiro atoms. The Balaban J connectivity index is 1.37. The molecule has 4 rings (SSSR count). The normalized spacial score (nSPS) is 12.8. The SMILES string of the molecule is CCOc1cc(C=NNC(=O)C(NC(=O)c2ccc3c(c2)OCO3)C(C)C)ccc1OCc1ccc(Br)cc1. The van der Waals surface area contributed by atoms with E-state index in [1.165, 1.54) is 6.21 Å². The van der Waals surface area contributed by atoms with Crippen molar-refractivity contribution in [2.24, 2.45) is 11.0 Å². The number of amides is 2. The van der Waals surface area contributed by atoms with E-state index < -0.39 is 17.9 Å². The number of hydrogen-bond acceptors (Lipinski definition) is 7. The summed E-state index contributed by atoms with van der Waals surface area (Å²) in [6, 6.07) is 17.4. The van der Waals surface area contributed by atoms with Crippen LogP contribution in [0, 0.1) is 5.92 Å². The Hall–Kier alpha value is -4.05. The number of nitrogens with one attached hydrogen (secondary N) is 2. The molecule has 1 aliphatic heterocycles. The highest BCUT2D eigenvalue weighted by atomic mass is 79.9. The summed E-state index contributed by atoms with van der Waals surface area (Å²) >= 11 is 3.43. The molecule has 9 nitrogen and oxygen atoms in total. The first-order chi connectivity index (χ1) is 18.8. The molecule has 3 aromatic rings. The van der Waals surface area contributed by atoms with Crippen molar-refractivity contribution in [3.63, 3.8) is 0 Å². The third kappa shape index (κ3) is 7.51. The number of ether oxygens (including phenoxy) is 4. The molecule has 0 aliphatic carbocycles. The van der Waals surface area contributed by atoms with E-state index in [2.05, 4.69) is 31.8 Å². The van der Waals surface area contributed by atoms with Crippen molar-refractivity contribution in [3.8, 4) is 23.0 Å². The lowest BCUT2D eigenvalue weighted by atomic mass is 10.0. The summed E-state index contributed by atoms with van der Waals surface area (Å²) in [7, 11) is 0. The van der Waals surface area contributed by atoms with Gasteiger partial charge in [-0.1, -0.05) is 41.9 Å². The molecule has 3 aromatic carbocycles. The number of fused-ring (bicyclic) bond motifs is 1. The lowest BCUT2D eigenvalue weighted by molar-refractivity contribution is -0.123. The van der Waals surface area contributed by atoms with Crippen molar-refractivity contribution >= 4 is 34.0 Å². The first-order valence-electron chi connectivity index (χ1n) is 12.5. The molecule has 0 fully saturated rings. The third-order valence-electron chi connectivity index (χ3n) is 5.83. The molecule has 0 aromatic heterocycles. The summed E-state index contributed by atoms with van der Waals surface area (Å²) in [6.07, 6.45) is 1.51. The number of carbonyl (C=O) groups is 2. The Morgan fingerprint density at radius 2 is 1.77 bits per heavy atom. The van der Waals surface area contributed by atoms with Crippen molar-refractivity contribution < 1.29 is 28.5 Å². The largest absolute Gasteiger partial charge is 0.490 e. The molecule has 1 atom stereocenters. The number of rotatable bonds is 11. The maximum atomic E-state index is 12.9. The molecule has 0 saturated carbocycles. The minimum absolute atomic E-state index is 0.114. The summed E-state index contributed by atoms with van der Waals surface area (Å²) < 4.78 is 23.3. The van der Waals surface area contributed by atoms with Crippen LogP contribution in [0.25, 0.3) is 0 Å². The zero-order valence-corrected chi connectivity index (χ0v) is 23.5. The third-order valence-corrected chi connectivity index (χ3v) is 6.36. The number of hydrogen-bond donors (Lipinski definition) is 2. The van der Waals surface area contributed by atoms with Gasteiger partial charge in [-0.2, -0.15) is 5.10 Å². The number of nitrogens with zero attached hydrogens (tertiary/aromatic N) is 1. The second-order valence-electron chi connectivity index (χ2n) is 9.05. The fourth-order valence-corrected chi connectivity index (χ4v) is 4.04. The number of benzene rings is 3. The van der Waals surface area contributed by atoms with Gasteiger partial charge in [0.25, 0.3) is 11.8 Å². The van der Waals surface area contributed by atoms with Crippen LogP contribution in [0.5, 0.6) is 23.0 Å². The number of hydrazone groups is 1. The van der Waals surface area contributed by atoms with Crippen LogP contribution in [0.2, 0.25) is 0 Å². The fourth-order valence-electron chi connectivity index (χ4n) is 3.77. The number of halogens is 1. The highest BCUT2D eigenvalue weighted by Crippen LogP contribution is 2.32. The van der Waals surface area contributed by atoms with Gasteiger partial charge < -0.3 is 24.3 Å². The summed E-state index contributed by atoms with van der Waals surface area (Å²) in [6.45, 7) is 6.55. The van der Waals surface area contributed by atoms with Crippen LogP contribution >= 0.6 is 15.9 Å². The lowest BCUT2D eigenvalue weighted by Crippen LogP contribution is -2.48. The molecule has 0 saturated heterocycles. The Kier molecular flexibility index (Phi) is 9.43. The fraction of sp³-hybridized carbons (Fsp3) is 0.276. The molecule has 10 heteroatoms. The van der Waals surface area contributed by atoms with Gasteiger partial charge in [-0.05, 0) is 72.5 Å². The average Bonchev–Trinajstić information content (AvgIpc) is 3.40. The number of carbonyl (C=O) groups excluding carboxylic acids is 2. The van der Waals surface area contributed by atoms with Crippen molar-refractivity contribution in [2.45, 2.75) is 33.4 Å². The van der Waals surface area contributed by atoms with Crippen LogP contribution in [0.3, 0.4) is 0 Å². The van der Waals surface area contributed by atoms with Gasteiger partial charge in [-0.15, -0.1) is 0 Å². The van der Waals surface area contributed by atoms with Gasteiger partial charge >= 0.3 is 0 Å².